The van der Waals surface area contributed by atoms with Gasteiger partial charge in [-0.2, -0.15) is 5.10 Å². The number of fused-ring (bicyclic) bond motifs is 1. The average Bonchev–Trinajstić information content (AvgIpc) is 3.17. The van der Waals surface area contributed by atoms with Crippen LogP contribution >= 0.6 is 0 Å². The first-order valence-electron chi connectivity index (χ1n) is 10.2. The number of sulfone groups is 1. The van der Waals surface area contributed by atoms with Crippen molar-refractivity contribution in [1.82, 2.24) is 15.1 Å². The van der Waals surface area contributed by atoms with Crippen LogP contribution in [0, 0.1) is 0 Å². The molecule has 0 unspecified atom stereocenters. The zero-order valence-electron chi connectivity index (χ0n) is 17.8. The molecule has 0 radical (unpaired) electrons. The highest BCUT2D eigenvalue weighted by Gasteiger charge is 2.27. The standard InChI is InChI=1S/C22H26N4O4S/c1-22(2,3)30-21(27)26-13-11-25(12-14-26)16-9-10-18-19(15-16)23-24-20(18)31(28,29)17-7-5-4-6-8-17/h4-10,15H,11-14H2,1-3H3,(H,23,24). The Morgan fingerprint density at radius 3 is 2.35 bits per heavy atom. The Morgan fingerprint density at radius 1 is 1.03 bits per heavy atom. The lowest BCUT2D eigenvalue weighted by Gasteiger charge is -2.36. The Morgan fingerprint density at radius 2 is 1.71 bits per heavy atom. The largest absolute Gasteiger partial charge is 0.444 e. The molecule has 0 saturated carbocycles. The molecule has 8 nitrogen and oxygen atoms in total. The minimum Gasteiger partial charge on any atom is -0.444 e. The number of rotatable bonds is 3. The summed E-state index contributed by atoms with van der Waals surface area (Å²) >= 11 is 0. The summed E-state index contributed by atoms with van der Waals surface area (Å²) in [4.78, 5) is 16.3. The summed E-state index contributed by atoms with van der Waals surface area (Å²) in [6, 6.07) is 13.9. The molecular formula is C22H26N4O4S. The third-order valence-corrected chi connectivity index (χ3v) is 6.86. The van der Waals surface area contributed by atoms with Crippen LogP contribution in [0.2, 0.25) is 0 Å². The number of benzene rings is 2. The lowest BCUT2D eigenvalue weighted by molar-refractivity contribution is 0.0240. The minimum atomic E-state index is -3.68. The van der Waals surface area contributed by atoms with E-state index in [1.165, 1.54) is 0 Å². The summed E-state index contributed by atoms with van der Waals surface area (Å²) in [6.45, 7) is 7.99. The number of piperazine rings is 1. The van der Waals surface area contributed by atoms with Gasteiger partial charge in [0.2, 0.25) is 9.84 Å². The van der Waals surface area contributed by atoms with Crippen LogP contribution < -0.4 is 4.90 Å². The van der Waals surface area contributed by atoms with Gasteiger partial charge in [0.1, 0.15) is 5.60 Å². The topological polar surface area (TPSA) is 95.6 Å². The molecule has 1 N–H and O–H groups in total. The Hall–Kier alpha value is -3.07. The molecule has 1 saturated heterocycles. The zero-order chi connectivity index (χ0) is 22.2. The fraction of sp³-hybridized carbons (Fsp3) is 0.364. The molecule has 1 amide bonds. The summed E-state index contributed by atoms with van der Waals surface area (Å²) in [6.07, 6.45) is -0.300. The van der Waals surface area contributed by atoms with Crippen molar-refractivity contribution >= 4 is 32.5 Å². The van der Waals surface area contributed by atoms with E-state index in [2.05, 4.69) is 15.1 Å². The number of aromatic nitrogens is 2. The van der Waals surface area contributed by atoms with Crippen molar-refractivity contribution in [3.8, 4) is 0 Å². The van der Waals surface area contributed by atoms with Crippen LogP contribution in [0.15, 0.2) is 58.5 Å². The predicted molar refractivity (Wildman–Crippen MR) is 118 cm³/mol. The van der Waals surface area contributed by atoms with E-state index in [0.29, 0.717) is 37.1 Å². The van der Waals surface area contributed by atoms with Crippen LogP contribution in [0.4, 0.5) is 10.5 Å². The highest BCUT2D eigenvalue weighted by atomic mass is 32.2. The van der Waals surface area contributed by atoms with Crippen molar-refractivity contribution in [2.45, 2.75) is 36.3 Å². The minimum absolute atomic E-state index is 0.0926. The van der Waals surface area contributed by atoms with Gasteiger partial charge in [-0.1, -0.05) is 18.2 Å². The summed E-state index contributed by atoms with van der Waals surface area (Å²) in [5.74, 6) is 0. The Kier molecular flexibility index (Phi) is 5.38. The first kappa shape index (κ1) is 21.2. The number of carbonyl (C=O) groups excluding carboxylic acids is 1. The number of ether oxygens (including phenoxy) is 1. The summed E-state index contributed by atoms with van der Waals surface area (Å²) in [7, 11) is -3.68. The van der Waals surface area contributed by atoms with Crippen molar-refractivity contribution < 1.29 is 17.9 Å². The molecule has 4 rings (SSSR count). The lowest BCUT2D eigenvalue weighted by Crippen LogP contribution is -2.50. The van der Waals surface area contributed by atoms with Gasteiger partial charge in [-0.05, 0) is 51.1 Å². The van der Waals surface area contributed by atoms with Gasteiger partial charge in [-0.25, -0.2) is 13.2 Å². The second-order valence-electron chi connectivity index (χ2n) is 8.53. The average molecular weight is 443 g/mol. The van der Waals surface area contributed by atoms with E-state index in [-0.39, 0.29) is 16.0 Å². The molecule has 0 atom stereocenters. The van der Waals surface area contributed by atoms with E-state index in [0.717, 1.165) is 5.69 Å². The second-order valence-corrected chi connectivity index (χ2v) is 10.4. The van der Waals surface area contributed by atoms with Gasteiger partial charge >= 0.3 is 6.09 Å². The number of carbonyl (C=O) groups is 1. The van der Waals surface area contributed by atoms with Crippen molar-refractivity contribution in [3.63, 3.8) is 0 Å². The van der Waals surface area contributed by atoms with E-state index >= 15 is 0 Å². The molecule has 31 heavy (non-hydrogen) atoms. The number of amides is 1. The highest BCUT2D eigenvalue weighted by Crippen LogP contribution is 2.29. The second kappa shape index (κ2) is 7.88. The van der Waals surface area contributed by atoms with Crippen LogP contribution in [-0.4, -0.2) is 61.4 Å². The van der Waals surface area contributed by atoms with Gasteiger partial charge in [0.15, 0.2) is 5.03 Å². The number of H-pyrrole nitrogens is 1. The zero-order valence-corrected chi connectivity index (χ0v) is 18.6. The molecule has 1 fully saturated rings. The summed E-state index contributed by atoms with van der Waals surface area (Å²) in [5, 5.41) is 7.58. The third-order valence-electron chi connectivity index (χ3n) is 5.12. The first-order valence-corrected chi connectivity index (χ1v) is 11.6. The molecule has 2 heterocycles. The molecule has 164 valence electrons. The SMILES string of the molecule is CC(C)(C)OC(=O)N1CCN(c2ccc3c(S(=O)(=O)c4ccccc4)[nH]nc3c2)CC1. The van der Waals surface area contributed by atoms with Crippen molar-refractivity contribution in [2.24, 2.45) is 0 Å². The van der Waals surface area contributed by atoms with Gasteiger partial charge in [-0.15, -0.1) is 0 Å². The van der Waals surface area contributed by atoms with E-state index in [1.54, 1.807) is 41.3 Å². The molecule has 1 aliphatic heterocycles. The van der Waals surface area contributed by atoms with Gasteiger partial charge in [0.25, 0.3) is 0 Å². The van der Waals surface area contributed by atoms with Crippen LogP contribution in [0.3, 0.4) is 0 Å². The van der Waals surface area contributed by atoms with Gasteiger partial charge in [0, 0.05) is 37.3 Å². The lowest BCUT2D eigenvalue weighted by atomic mass is 10.2. The molecule has 1 aliphatic rings. The molecular weight excluding hydrogens is 416 g/mol. The maximum Gasteiger partial charge on any atom is 0.410 e. The van der Waals surface area contributed by atoms with Crippen LogP contribution in [0.1, 0.15) is 20.8 Å². The third kappa shape index (κ3) is 4.36. The van der Waals surface area contributed by atoms with Gasteiger partial charge in [0.05, 0.1) is 10.4 Å². The number of anilines is 1. The summed E-state index contributed by atoms with van der Waals surface area (Å²) in [5.41, 5.74) is 1.00. The Bertz CT molecular complexity index is 1190. The number of nitrogens with one attached hydrogen (secondary N) is 1. The fourth-order valence-corrected chi connectivity index (χ4v) is 4.95. The molecule has 0 aliphatic carbocycles. The quantitative estimate of drug-likeness (QED) is 0.668. The van der Waals surface area contributed by atoms with E-state index < -0.39 is 15.4 Å². The van der Waals surface area contributed by atoms with Crippen molar-refractivity contribution in [3.05, 3.63) is 48.5 Å². The van der Waals surface area contributed by atoms with Gasteiger partial charge in [-0.3, -0.25) is 5.10 Å². The van der Waals surface area contributed by atoms with E-state index in [1.807, 2.05) is 32.9 Å². The van der Waals surface area contributed by atoms with Crippen molar-refractivity contribution in [2.75, 3.05) is 31.1 Å². The van der Waals surface area contributed by atoms with Crippen LogP contribution in [-0.2, 0) is 14.6 Å². The van der Waals surface area contributed by atoms with E-state index in [9.17, 15) is 13.2 Å². The monoisotopic (exact) mass is 442 g/mol. The van der Waals surface area contributed by atoms with Crippen LogP contribution in [0.5, 0.6) is 0 Å². The molecule has 2 aromatic carbocycles. The number of nitrogens with zero attached hydrogens (tertiary/aromatic N) is 3. The predicted octanol–water partition coefficient (Wildman–Crippen LogP) is 3.45. The first-order chi connectivity index (χ1) is 14.6. The summed E-state index contributed by atoms with van der Waals surface area (Å²) < 4.78 is 31.4. The molecule has 3 aromatic rings. The molecule has 0 bridgehead atoms. The maximum absolute atomic E-state index is 13.0. The molecule has 1 aromatic heterocycles. The number of hydrogen-bond acceptors (Lipinski definition) is 6. The van der Waals surface area contributed by atoms with E-state index in [4.69, 9.17) is 4.74 Å². The van der Waals surface area contributed by atoms with Crippen molar-refractivity contribution in [1.29, 1.82) is 0 Å². The normalized spacial score (nSPS) is 15.3. The number of aromatic amines is 1. The highest BCUT2D eigenvalue weighted by molar-refractivity contribution is 7.91. The maximum atomic E-state index is 13.0. The number of hydrogen-bond donors (Lipinski definition) is 1. The molecule has 9 heteroatoms. The van der Waals surface area contributed by atoms with Crippen LogP contribution in [0.25, 0.3) is 10.9 Å². The smallest absolute Gasteiger partial charge is 0.410 e. The Labute approximate surface area is 181 Å². The van der Waals surface area contributed by atoms with Gasteiger partial charge < -0.3 is 14.5 Å². The fourth-order valence-electron chi connectivity index (χ4n) is 3.57. The Balaban J connectivity index is 1.51. The molecule has 0 spiro atoms.